The minimum absolute atomic E-state index is 0.946. The van der Waals surface area contributed by atoms with Crippen LogP contribution in [-0.2, 0) is 4.79 Å². The average Bonchev–Trinajstić information content (AvgIpc) is 2.50. The van der Waals surface area contributed by atoms with Crippen LogP contribution in [0.3, 0.4) is 0 Å². The van der Waals surface area contributed by atoms with Crippen molar-refractivity contribution in [2.75, 3.05) is 0 Å². The number of aliphatic carboxylic acids is 1. The molecule has 0 fully saturated rings. The zero-order chi connectivity index (χ0) is 16.3. The Morgan fingerprint density at radius 1 is 0.682 bits per heavy atom. The van der Waals surface area contributed by atoms with Gasteiger partial charge in [0, 0.05) is 6.08 Å². The molecule has 0 aromatic heterocycles. The van der Waals surface area contributed by atoms with Crippen molar-refractivity contribution in [1.29, 1.82) is 0 Å². The minimum atomic E-state index is -0.946. The van der Waals surface area contributed by atoms with E-state index in [1.807, 2.05) is 60.8 Å². The summed E-state index contributed by atoms with van der Waals surface area (Å²) in [6.45, 7) is 2.16. The molecule has 2 heteroatoms. The third-order valence-electron chi connectivity index (χ3n) is 2.27. The molecule has 0 aliphatic carbocycles. The Hall–Kier alpha value is -2.61. The molecule has 0 aliphatic heterocycles. The zero-order valence-corrected chi connectivity index (χ0v) is 13.0. The first-order valence-corrected chi connectivity index (χ1v) is 7.33. The van der Waals surface area contributed by atoms with Crippen molar-refractivity contribution in [3.8, 4) is 0 Å². The zero-order valence-electron chi connectivity index (χ0n) is 13.0. The predicted octanol–water partition coefficient (Wildman–Crippen LogP) is 5.32. The molecule has 0 aliphatic rings. The molecule has 22 heavy (non-hydrogen) atoms. The average molecular weight is 296 g/mol. The molecule has 0 spiro atoms. The summed E-state index contributed by atoms with van der Waals surface area (Å²) in [5, 5.41) is 8.37. The molecule has 0 aromatic carbocycles. The van der Waals surface area contributed by atoms with Crippen LogP contribution >= 0.6 is 0 Å². The van der Waals surface area contributed by atoms with Gasteiger partial charge in [0.25, 0.3) is 0 Å². The van der Waals surface area contributed by atoms with E-state index in [1.165, 1.54) is 12.5 Å². The van der Waals surface area contributed by atoms with Gasteiger partial charge in [0.05, 0.1) is 0 Å². The summed E-state index contributed by atoms with van der Waals surface area (Å²) < 4.78 is 0. The second-order valence-corrected chi connectivity index (χ2v) is 4.22. The maximum absolute atomic E-state index is 10.2. The lowest BCUT2D eigenvalue weighted by atomic mass is 10.3. The van der Waals surface area contributed by atoms with Gasteiger partial charge in [-0.2, -0.15) is 0 Å². The molecule has 0 heterocycles. The van der Waals surface area contributed by atoms with Gasteiger partial charge in [-0.25, -0.2) is 4.79 Å². The molecule has 0 rings (SSSR count). The van der Waals surface area contributed by atoms with Crippen LogP contribution in [0.25, 0.3) is 0 Å². The minimum Gasteiger partial charge on any atom is -0.478 e. The van der Waals surface area contributed by atoms with Crippen LogP contribution in [-0.4, -0.2) is 11.1 Å². The fourth-order valence-corrected chi connectivity index (χ4v) is 1.25. The molecule has 0 unspecified atom stereocenters. The number of unbranched alkanes of at least 4 members (excludes halogenated alkanes) is 1. The molecule has 0 aromatic rings. The maximum Gasteiger partial charge on any atom is 0.328 e. The molecule has 2 nitrogen and oxygen atoms in total. The Morgan fingerprint density at radius 2 is 1.05 bits per heavy atom. The lowest BCUT2D eigenvalue weighted by molar-refractivity contribution is -0.131. The quantitative estimate of drug-likeness (QED) is 0.437. The van der Waals surface area contributed by atoms with Gasteiger partial charge in [0.2, 0.25) is 0 Å². The summed E-state index contributed by atoms with van der Waals surface area (Å²) in [7, 11) is 0. The number of carboxylic acid groups (broad SMARTS) is 1. The lowest BCUT2D eigenvalue weighted by Crippen LogP contribution is -1.84. The molecular formula is C20H24O2. The maximum atomic E-state index is 10.2. The largest absolute Gasteiger partial charge is 0.478 e. The normalized spacial score (nSPS) is 13.9. The van der Waals surface area contributed by atoms with Crippen molar-refractivity contribution in [2.45, 2.75) is 19.8 Å². The molecule has 0 bridgehead atoms. The van der Waals surface area contributed by atoms with Gasteiger partial charge in [-0.15, -0.1) is 0 Å². The van der Waals surface area contributed by atoms with Crippen molar-refractivity contribution < 1.29 is 9.90 Å². The second kappa shape index (κ2) is 16.4. The van der Waals surface area contributed by atoms with E-state index in [0.717, 1.165) is 12.5 Å². The Labute approximate surface area is 133 Å². The molecule has 0 saturated carbocycles. The van der Waals surface area contributed by atoms with Gasteiger partial charge in [-0.1, -0.05) is 104 Å². The van der Waals surface area contributed by atoms with Crippen molar-refractivity contribution in [3.05, 3.63) is 97.2 Å². The summed E-state index contributed by atoms with van der Waals surface area (Å²) in [4.78, 5) is 10.2. The van der Waals surface area contributed by atoms with E-state index < -0.39 is 5.97 Å². The van der Waals surface area contributed by atoms with Crippen LogP contribution in [0, 0.1) is 0 Å². The highest BCUT2D eigenvalue weighted by Crippen LogP contribution is 1.89. The molecule has 0 radical (unpaired) electrons. The van der Waals surface area contributed by atoms with E-state index >= 15 is 0 Å². The SMILES string of the molecule is CCCC=CC=CC=CC=CC=CC=CC=CC=CC(=O)O. The van der Waals surface area contributed by atoms with Gasteiger partial charge in [-0.05, 0) is 6.42 Å². The summed E-state index contributed by atoms with van der Waals surface area (Å²) in [5.74, 6) is -0.946. The third kappa shape index (κ3) is 17.4. The summed E-state index contributed by atoms with van der Waals surface area (Å²) in [6, 6.07) is 0. The topological polar surface area (TPSA) is 37.3 Å². The fourth-order valence-electron chi connectivity index (χ4n) is 1.25. The number of hydrogen-bond donors (Lipinski definition) is 1. The summed E-state index contributed by atoms with van der Waals surface area (Å²) >= 11 is 0. The van der Waals surface area contributed by atoms with Crippen molar-refractivity contribution in [3.63, 3.8) is 0 Å². The van der Waals surface area contributed by atoms with Crippen LogP contribution in [0.15, 0.2) is 97.2 Å². The van der Waals surface area contributed by atoms with Gasteiger partial charge >= 0.3 is 5.97 Å². The van der Waals surface area contributed by atoms with Gasteiger partial charge in [0.1, 0.15) is 0 Å². The highest BCUT2D eigenvalue weighted by atomic mass is 16.4. The standard InChI is InChI=1S/C20H24O2/c1-2-3-4-5-6-7-8-9-10-11-12-13-14-15-16-17-18-19-20(21)22/h4-19H,2-3H2,1H3,(H,21,22). The van der Waals surface area contributed by atoms with E-state index in [1.54, 1.807) is 12.2 Å². The van der Waals surface area contributed by atoms with Crippen LogP contribution in [0.1, 0.15) is 19.8 Å². The molecular weight excluding hydrogens is 272 g/mol. The summed E-state index contributed by atoms with van der Waals surface area (Å²) in [5.41, 5.74) is 0. The Morgan fingerprint density at radius 3 is 1.41 bits per heavy atom. The van der Waals surface area contributed by atoms with Crippen molar-refractivity contribution in [2.24, 2.45) is 0 Å². The Balaban J connectivity index is 3.86. The molecule has 1 N–H and O–H groups in total. The van der Waals surface area contributed by atoms with Crippen molar-refractivity contribution in [1.82, 2.24) is 0 Å². The van der Waals surface area contributed by atoms with E-state index in [2.05, 4.69) is 19.1 Å². The van der Waals surface area contributed by atoms with Crippen LogP contribution < -0.4 is 0 Å². The highest BCUT2D eigenvalue weighted by molar-refractivity contribution is 5.80. The molecule has 0 amide bonds. The monoisotopic (exact) mass is 296 g/mol. The van der Waals surface area contributed by atoms with E-state index in [-0.39, 0.29) is 0 Å². The first-order valence-electron chi connectivity index (χ1n) is 7.33. The number of hydrogen-bond acceptors (Lipinski definition) is 1. The van der Waals surface area contributed by atoms with Crippen LogP contribution in [0.5, 0.6) is 0 Å². The third-order valence-corrected chi connectivity index (χ3v) is 2.27. The number of carboxylic acids is 1. The van der Waals surface area contributed by atoms with E-state index in [0.29, 0.717) is 0 Å². The highest BCUT2D eigenvalue weighted by Gasteiger charge is 1.79. The Bertz CT molecular complexity index is 510. The molecule has 116 valence electrons. The first kappa shape index (κ1) is 19.4. The van der Waals surface area contributed by atoms with Gasteiger partial charge in [0.15, 0.2) is 0 Å². The summed E-state index contributed by atoms with van der Waals surface area (Å²) in [6.07, 6.45) is 31.9. The lowest BCUT2D eigenvalue weighted by Gasteiger charge is -1.79. The fraction of sp³-hybridized carbons (Fsp3) is 0.150. The first-order chi connectivity index (χ1) is 10.8. The van der Waals surface area contributed by atoms with Gasteiger partial charge < -0.3 is 5.11 Å². The Kier molecular flexibility index (Phi) is 14.5. The van der Waals surface area contributed by atoms with Crippen LogP contribution in [0.4, 0.5) is 0 Å². The van der Waals surface area contributed by atoms with Crippen LogP contribution in [0.2, 0.25) is 0 Å². The molecule has 0 atom stereocenters. The van der Waals surface area contributed by atoms with E-state index in [9.17, 15) is 4.79 Å². The number of carbonyl (C=O) groups is 1. The smallest absolute Gasteiger partial charge is 0.328 e. The number of allylic oxidation sites excluding steroid dienone is 15. The van der Waals surface area contributed by atoms with Crippen molar-refractivity contribution >= 4 is 5.97 Å². The predicted molar refractivity (Wildman–Crippen MR) is 95.7 cm³/mol. The molecule has 0 saturated heterocycles. The second-order valence-electron chi connectivity index (χ2n) is 4.22. The van der Waals surface area contributed by atoms with Gasteiger partial charge in [-0.3, -0.25) is 0 Å². The van der Waals surface area contributed by atoms with E-state index in [4.69, 9.17) is 5.11 Å². The number of rotatable bonds is 10.